The molecule has 162 valence electrons. The predicted octanol–water partition coefficient (Wildman–Crippen LogP) is 6.03. The highest BCUT2D eigenvalue weighted by Gasteiger charge is 2.45. The zero-order valence-electron chi connectivity index (χ0n) is 19.1. The summed E-state index contributed by atoms with van der Waals surface area (Å²) < 4.78 is 2.35. The molecule has 3 aromatic carbocycles. The predicted molar refractivity (Wildman–Crippen MR) is 131 cm³/mol. The summed E-state index contributed by atoms with van der Waals surface area (Å²) in [6.45, 7) is 7.85. The van der Waals surface area contributed by atoms with E-state index in [2.05, 4.69) is 97.5 Å². The Bertz CT molecular complexity index is 1300. The number of fused-ring (bicyclic) bond motifs is 1. The molecule has 4 aromatic rings. The Balaban J connectivity index is 1.35. The van der Waals surface area contributed by atoms with Gasteiger partial charge in [-0.15, -0.1) is 0 Å². The van der Waals surface area contributed by atoms with Gasteiger partial charge < -0.3 is 9.88 Å². The van der Waals surface area contributed by atoms with Gasteiger partial charge in [-0.2, -0.15) is 0 Å². The third kappa shape index (κ3) is 4.08. The topological polar surface area (TPSA) is 34.0 Å². The molecule has 0 spiro atoms. The van der Waals surface area contributed by atoms with Gasteiger partial charge in [0, 0.05) is 36.1 Å². The van der Waals surface area contributed by atoms with E-state index < -0.39 is 0 Å². The third-order valence-corrected chi connectivity index (χ3v) is 6.74. The highest BCUT2D eigenvalue weighted by molar-refractivity contribution is 5.89. The quantitative estimate of drug-likeness (QED) is 0.404. The summed E-state index contributed by atoms with van der Waals surface area (Å²) in [5.41, 5.74) is 8.87. The van der Waals surface area contributed by atoms with Crippen LogP contribution in [0, 0.1) is 26.7 Å². The Labute approximate surface area is 190 Å². The minimum Gasteiger partial charge on any atom is -0.352 e. The lowest BCUT2D eigenvalue weighted by atomic mass is 10.1. The van der Waals surface area contributed by atoms with Gasteiger partial charge in [0.05, 0.1) is 0 Å². The lowest BCUT2D eigenvalue weighted by Crippen LogP contribution is -2.24. The molecule has 1 heterocycles. The number of nitrogens with one attached hydrogen (secondary N) is 1. The maximum absolute atomic E-state index is 12.8. The fourth-order valence-corrected chi connectivity index (χ4v) is 4.83. The van der Waals surface area contributed by atoms with Gasteiger partial charge in [-0.3, -0.25) is 4.79 Å². The number of carbonyl (C=O) groups is 1. The smallest absolute Gasteiger partial charge is 0.224 e. The average molecular weight is 423 g/mol. The fraction of sp³-hybridized carbons (Fsp3) is 0.276. The Morgan fingerprint density at radius 3 is 2.62 bits per heavy atom. The lowest BCUT2D eigenvalue weighted by molar-refractivity contribution is -0.122. The van der Waals surface area contributed by atoms with Crippen molar-refractivity contribution in [2.75, 3.05) is 0 Å². The van der Waals surface area contributed by atoms with Crippen LogP contribution in [0.2, 0.25) is 0 Å². The Kier molecular flexibility index (Phi) is 5.34. The molecule has 0 unspecified atom stereocenters. The Hall–Kier alpha value is -3.33. The van der Waals surface area contributed by atoms with E-state index in [9.17, 15) is 4.79 Å². The zero-order valence-corrected chi connectivity index (χ0v) is 19.1. The van der Waals surface area contributed by atoms with Crippen LogP contribution in [0.15, 0.2) is 72.9 Å². The van der Waals surface area contributed by atoms with Crippen LogP contribution in [0.1, 0.15) is 45.7 Å². The van der Waals surface area contributed by atoms with Gasteiger partial charge in [0.25, 0.3) is 0 Å². The first-order valence-electron chi connectivity index (χ1n) is 11.5. The van der Waals surface area contributed by atoms with Gasteiger partial charge in [0.15, 0.2) is 0 Å². The van der Waals surface area contributed by atoms with Crippen LogP contribution in [0.3, 0.4) is 0 Å². The summed E-state index contributed by atoms with van der Waals surface area (Å²) in [7, 11) is 0. The minimum absolute atomic E-state index is 0.0692. The average Bonchev–Trinajstić information content (AvgIpc) is 3.50. The molecule has 1 fully saturated rings. The molecule has 1 aromatic heterocycles. The number of para-hydroxylation sites is 1. The van der Waals surface area contributed by atoms with Gasteiger partial charge >= 0.3 is 0 Å². The van der Waals surface area contributed by atoms with Crippen LogP contribution >= 0.6 is 0 Å². The van der Waals surface area contributed by atoms with Crippen molar-refractivity contribution >= 4 is 16.8 Å². The van der Waals surface area contributed by atoms with Crippen LogP contribution in [0.5, 0.6) is 0 Å². The normalized spacial score (nSPS) is 17.5. The van der Waals surface area contributed by atoms with E-state index in [0.717, 1.165) is 18.5 Å². The number of aromatic nitrogens is 1. The molecule has 0 saturated heterocycles. The van der Waals surface area contributed by atoms with Crippen molar-refractivity contribution in [2.24, 2.45) is 5.92 Å². The zero-order chi connectivity index (χ0) is 22.2. The fourth-order valence-electron chi connectivity index (χ4n) is 4.83. The molecule has 0 aliphatic heterocycles. The van der Waals surface area contributed by atoms with Crippen LogP contribution < -0.4 is 5.32 Å². The minimum atomic E-state index is 0.0692. The maximum Gasteiger partial charge on any atom is 0.224 e. The Morgan fingerprint density at radius 1 is 0.969 bits per heavy atom. The van der Waals surface area contributed by atoms with Crippen molar-refractivity contribution in [2.45, 2.75) is 46.2 Å². The molecular weight excluding hydrogens is 392 g/mol. The first-order valence-corrected chi connectivity index (χ1v) is 11.5. The number of aryl methyl sites for hydroxylation is 3. The first-order chi connectivity index (χ1) is 15.5. The lowest BCUT2D eigenvalue weighted by Gasteiger charge is -2.09. The molecule has 0 bridgehead atoms. The number of rotatable bonds is 6. The molecule has 1 N–H and O–H groups in total. The molecule has 3 heteroatoms. The summed E-state index contributed by atoms with van der Waals surface area (Å²) in [5.74, 6) is 0.542. The molecule has 32 heavy (non-hydrogen) atoms. The molecule has 1 aliphatic carbocycles. The van der Waals surface area contributed by atoms with Gasteiger partial charge in [-0.25, -0.2) is 0 Å². The van der Waals surface area contributed by atoms with Crippen molar-refractivity contribution in [3.8, 4) is 0 Å². The summed E-state index contributed by atoms with van der Waals surface area (Å²) >= 11 is 0. The number of carbonyl (C=O) groups excluding carboxylic acids is 1. The van der Waals surface area contributed by atoms with E-state index in [1.807, 2.05) is 6.07 Å². The molecule has 2 atom stereocenters. The monoisotopic (exact) mass is 422 g/mol. The molecule has 1 saturated carbocycles. The van der Waals surface area contributed by atoms with E-state index >= 15 is 0 Å². The van der Waals surface area contributed by atoms with Gasteiger partial charge in [-0.05, 0) is 61.4 Å². The summed E-state index contributed by atoms with van der Waals surface area (Å²) in [6.07, 6.45) is 3.21. The maximum atomic E-state index is 12.8. The van der Waals surface area contributed by atoms with Crippen molar-refractivity contribution in [3.05, 3.63) is 106 Å². The first kappa shape index (κ1) is 20.6. The number of hydrogen-bond acceptors (Lipinski definition) is 1. The van der Waals surface area contributed by atoms with Crippen molar-refractivity contribution in [1.82, 2.24) is 9.88 Å². The van der Waals surface area contributed by atoms with E-state index in [0.29, 0.717) is 12.5 Å². The standard InChI is InChI=1S/C29H30N2O/c1-19-7-6-8-22(13-19)16-30-29(32)26-15-25(26)27-18-31(28-10-5-4-9-24(27)28)17-23-14-20(2)11-12-21(23)3/h4-14,18,25-26H,15-17H2,1-3H3,(H,30,32)/t25-,26-/m0/s1. The molecule has 1 amide bonds. The Morgan fingerprint density at radius 2 is 1.78 bits per heavy atom. The van der Waals surface area contributed by atoms with Crippen molar-refractivity contribution < 1.29 is 4.79 Å². The second-order valence-electron chi connectivity index (χ2n) is 9.31. The van der Waals surface area contributed by atoms with E-state index in [1.165, 1.54) is 38.7 Å². The van der Waals surface area contributed by atoms with Crippen LogP contribution in [-0.2, 0) is 17.9 Å². The molecular formula is C29H30N2O. The summed E-state index contributed by atoms with van der Waals surface area (Å²) in [4.78, 5) is 12.8. The van der Waals surface area contributed by atoms with E-state index in [4.69, 9.17) is 0 Å². The van der Waals surface area contributed by atoms with Crippen LogP contribution in [0.4, 0.5) is 0 Å². The van der Waals surface area contributed by atoms with E-state index in [-0.39, 0.29) is 11.8 Å². The van der Waals surface area contributed by atoms with E-state index in [1.54, 1.807) is 0 Å². The highest BCUT2D eigenvalue weighted by atomic mass is 16.2. The largest absolute Gasteiger partial charge is 0.352 e. The van der Waals surface area contributed by atoms with Crippen LogP contribution in [0.25, 0.3) is 10.9 Å². The number of nitrogens with zero attached hydrogens (tertiary/aromatic N) is 1. The highest BCUT2D eigenvalue weighted by Crippen LogP contribution is 2.50. The second kappa shape index (κ2) is 8.31. The third-order valence-electron chi connectivity index (χ3n) is 6.74. The number of hydrogen-bond donors (Lipinski definition) is 1. The number of benzene rings is 3. The summed E-state index contributed by atoms with van der Waals surface area (Å²) in [6, 6.07) is 23.6. The molecule has 0 radical (unpaired) electrons. The molecule has 5 rings (SSSR count). The molecule has 3 nitrogen and oxygen atoms in total. The number of amides is 1. The van der Waals surface area contributed by atoms with Gasteiger partial charge in [-0.1, -0.05) is 71.8 Å². The van der Waals surface area contributed by atoms with Gasteiger partial charge in [0.2, 0.25) is 5.91 Å². The summed E-state index contributed by atoms with van der Waals surface area (Å²) in [5, 5.41) is 4.43. The second-order valence-corrected chi connectivity index (χ2v) is 9.31. The van der Waals surface area contributed by atoms with Crippen molar-refractivity contribution in [3.63, 3.8) is 0 Å². The molecule has 1 aliphatic rings. The van der Waals surface area contributed by atoms with Crippen molar-refractivity contribution in [1.29, 1.82) is 0 Å². The van der Waals surface area contributed by atoms with Crippen LogP contribution in [-0.4, -0.2) is 10.5 Å². The van der Waals surface area contributed by atoms with Gasteiger partial charge in [0.1, 0.15) is 0 Å². The SMILES string of the molecule is Cc1cccc(CNC(=O)[C@H]2C[C@@H]2c2cn(Cc3cc(C)ccc3C)c3ccccc23)c1.